The van der Waals surface area contributed by atoms with Crippen molar-refractivity contribution in [1.82, 2.24) is 9.80 Å². The van der Waals surface area contributed by atoms with E-state index in [1.807, 2.05) is 25.7 Å². The molecule has 15 rings (SSSR count). The van der Waals surface area contributed by atoms with Crippen molar-refractivity contribution >= 4 is 17.9 Å². The Labute approximate surface area is 484 Å². The van der Waals surface area contributed by atoms with E-state index in [0.717, 1.165) is 57.8 Å². The first kappa shape index (κ1) is 60.1. The Morgan fingerprint density at radius 1 is 0.415 bits per heavy atom. The van der Waals surface area contributed by atoms with Crippen LogP contribution in [0.3, 0.4) is 0 Å². The Bertz CT molecular complexity index is 2210. The maximum atomic E-state index is 13.8. The fraction of sp³-hybridized carbons (Fsp3) is 0.951. The lowest BCUT2D eigenvalue weighted by atomic mass is 9.57. The zero-order chi connectivity index (χ0) is 57.6. The number of carbonyl (C=O) groups is 3. The third-order valence-electron chi connectivity index (χ3n) is 23.1. The molecule has 1 N–H and O–H groups in total. The monoisotopic (exact) mass is 1160 g/mol. The summed E-state index contributed by atoms with van der Waals surface area (Å²) < 4.78 is 57.5. The quantitative estimate of drug-likeness (QED) is 0.0728. The molecule has 21 nitrogen and oxygen atoms in total. The van der Waals surface area contributed by atoms with Gasteiger partial charge in [0.05, 0.1) is 44.2 Å². The highest BCUT2D eigenvalue weighted by atomic mass is 17.3. The van der Waals surface area contributed by atoms with Crippen LogP contribution in [0.5, 0.6) is 0 Å². The summed E-state index contributed by atoms with van der Waals surface area (Å²) in [4.78, 5) is 82.3. The third-order valence-corrected chi connectivity index (χ3v) is 23.1. The fourth-order valence-electron chi connectivity index (χ4n) is 18.3. The minimum absolute atomic E-state index is 0.00468. The van der Waals surface area contributed by atoms with E-state index >= 15 is 0 Å². The second-order valence-corrected chi connectivity index (χ2v) is 28.0. The highest BCUT2D eigenvalue weighted by molar-refractivity contribution is 5.71. The Morgan fingerprint density at radius 2 is 0.720 bits per heavy atom. The Morgan fingerprint density at radius 3 is 1.02 bits per heavy atom. The average molecular weight is 1160 g/mol. The molecule has 0 aromatic carbocycles. The zero-order valence-electron chi connectivity index (χ0n) is 50.3. The number of ether oxygens (including phenoxy) is 9. The molecule has 3 spiro atoms. The van der Waals surface area contributed by atoms with Gasteiger partial charge in [0.25, 0.3) is 0 Å². The highest BCUT2D eigenvalue weighted by Gasteiger charge is 2.72. The van der Waals surface area contributed by atoms with Gasteiger partial charge in [-0.05, 0) is 132 Å². The van der Waals surface area contributed by atoms with Crippen LogP contribution in [0.1, 0.15) is 159 Å². The lowest BCUT2D eigenvalue weighted by Crippen LogP contribution is -2.70. The molecule has 0 amide bonds. The number of esters is 3. The van der Waals surface area contributed by atoms with Crippen molar-refractivity contribution in [2.45, 2.75) is 230 Å². The van der Waals surface area contributed by atoms with Crippen LogP contribution in [0.15, 0.2) is 0 Å². The summed E-state index contributed by atoms with van der Waals surface area (Å²) in [6.45, 7) is 21.5. The van der Waals surface area contributed by atoms with Gasteiger partial charge in [0.2, 0.25) is 17.4 Å². The molecule has 15 fully saturated rings. The summed E-state index contributed by atoms with van der Waals surface area (Å²) in [5, 5.41) is 10.2. The third kappa shape index (κ3) is 10.7. The van der Waals surface area contributed by atoms with E-state index in [2.05, 4.69) is 46.4 Å². The van der Waals surface area contributed by atoms with E-state index in [1.165, 1.54) is 0 Å². The van der Waals surface area contributed by atoms with Gasteiger partial charge in [-0.1, -0.05) is 41.5 Å². The van der Waals surface area contributed by atoms with Crippen LogP contribution in [0, 0.1) is 71.0 Å². The van der Waals surface area contributed by atoms with E-state index in [0.29, 0.717) is 76.3 Å². The van der Waals surface area contributed by atoms with Crippen molar-refractivity contribution < 1.29 is 91.4 Å². The van der Waals surface area contributed by atoms with Crippen LogP contribution in [0.4, 0.5) is 0 Å². The first-order valence-corrected chi connectivity index (χ1v) is 31.8. The number of hydrogen-bond acceptors (Lipinski definition) is 21. The number of hydrogen-bond donors (Lipinski definition) is 1. The van der Waals surface area contributed by atoms with Crippen molar-refractivity contribution in [3.8, 4) is 0 Å². The van der Waals surface area contributed by atoms with Crippen molar-refractivity contribution in [2.75, 3.05) is 65.7 Å². The van der Waals surface area contributed by atoms with Gasteiger partial charge in [0, 0.05) is 76.3 Å². The molecule has 3 saturated carbocycles. The molecule has 0 aromatic rings. The minimum Gasteiger partial charge on any atom is -0.464 e. The smallest absolute Gasteiger partial charge is 0.308 e. The van der Waals surface area contributed by atoms with Gasteiger partial charge in [-0.3, -0.25) is 24.2 Å². The largest absolute Gasteiger partial charge is 0.464 e. The maximum absolute atomic E-state index is 13.8. The first-order valence-electron chi connectivity index (χ1n) is 31.8. The highest BCUT2D eigenvalue weighted by Crippen LogP contribution is 2.64. The second kappa shape index (κ2) is 23.4. The number of aliphatic hydroxyl groups is 1. The number of aliphatic hydroxyl groups excluding tert-OH is 1. The predicted octanol–water partition coefficient (Wildman–Crippen LogP) is 7.13. The van der Waals surface area contributed by atoms with Crippen LogP contribution < -0.4 is 0 Å². The summed E-state index contributed by atoms with van der Waals surface area (Å²) in [6, 6.07) is 0. The van der Waals surface area contributed by atoms with E-state index < -0.39 is 71.3 Å². The van der Waals surface area contributed by atoms with Crippen LogP contribution in [0.25, 0.3) is 0 Å². The fourth-order valence-corrected chi connectivity index (χ4v) is 18.3. The molecule has 12 aliphatic heterocycles. The van der Waals surface area contributed by atoms with Crippen molar-refractivity contribution in [3.05, 3.63) is 0 Å². The van der Waals surface area contributed by atoms with Gasteiger partial charge in [-0.15, -0.1) is 0 Å². The van der Waals surface area contributed by atoms with E-state index in [-0.39, 0.29) is 117 Å². The second-order valence-electron chi connectivity index (χ2n) is 28.0. The Balaban J connectivity index is 0.659. The maximum Gasteiger partial charge on any atom is 0.308 e. The lowest BCUT2D eigenvalue weighted by Gasteiger charge is -2.60. The van der Waals surface area contributed by atoms with Gasteiger partial charge >= 0.3 is 17.9 Å². The molecular weight excluding hydrogens is 1060 g/mol. The molecule has 6 bridgehead atoms. The van der Waals surface area contributed by atoms with Crippen molar-refractivity contribution in [3.63, 3.8) is 0 Å². The standard InChI is InChI=1S/C61H96N2O19/c1-35-10-13-44-38(4)47(71-53-59(44)41(35)16-19-56(7,74-53)77-80-59)32-50(65)68-29-25-62(24-28-64)22-23-63(26-30-69-51(66)33-48-39(5)45-14-11-36(2)42-17-20-57(8)75-54(72-48)60(42,45)81-78-57)27-31-70-52(67)34-49-40(6)46-15-12-37(3)43-18-21-58(9)76-55(73-49)61(43,46)82-79-58/h35-49,53-55,64H,10-34H2,1-9H3/t35-,36-,37-,38-,39-,40-,41+,42+,43+,44+,45+,46+,47?,48?,49?,53-,54-,55-,56-,57-,58-,59-,60-,61-/m1/s1. The van der Waals surface area contributed by atoms with E-state index in [1.54, 1.807) is 0 Å². The molecule has 12 heterocycles. The number of rotatable bonds is 20. The van der Waals surface area contributed by atoms with Crippen LogP contribution in [-0.4, -0.2) is 170 Å². The summed E-state index contributed by atoms with van der Waals surface area (Å²) in [5.74, 6) is -1.66. The van der Waals surface area contributed by atoms with Crippen molar-refractivity contribution in [1.29, 1.82) is 0 Å². The van der Waals surface area contributed by atoms with Gasteiger partial charge in [0.15, 0.2) is 35.7 Å². The molecule has 24 atom stereocenters. The molecule has 82 heavy (non-hydrogen) atoms. The van der Waals surface area contributed by atoms with E-state index in [9.17, 15) is 19.5 Å². The number of carbonyl (C=O) groups excluding carboxylic acids is 3. The predicted molar refractivity (Wildman–Crippen MR) is 287 cm³/mol. The first-order chi connectivity index (χ1) is 39.2. The lowest BCUT2D eigenvalue weighted by molar-refractivity contribution is -0.571. The summed E-state index contributed by atoms with van der Waals surface area (Å²) in [5.41, 5.74) is -2.16. The molecule has 21 heteroatoms. The molecule has 15 aliphatic rings. The van der Waals surface area contributed by atoms with Crippen LogP contribution in [0.2, 0.25) is 0 Å². The molecule has 0 aromatic heterocycles. The topological polar surface area (TPSA) is 216 Å². The van der Waals surface area contributed by atoms with Crippen LogP contribution >= 0.6 is 0 Å². The van der Waals surface area contributed by atoms with Crippen molar-refractivity contribution in [2.24, 2.45) is 71.0 Å². The number of nitrogens with zero attached hydrogens (tertiary/aromatic N) is 2. The molecule has 12 saturated heterocycles. The van der Waals surface area contributed by atoms with Gasteiger partial charge < -0.3 is 47.7 Å². The molecule has 3 aliphatic carbocycles. The summed E-state index contributed by atoms with van der Waals surface area (Å²) >= 11 is 0. The normalized spacial score (nSPS) is 48.7. The van der Waals surface area contributed by atoms with Gasteiger partial charge in [-0.2, -0.15) is 0 Å². The molecule has 0 radical (unpaired) electrons. The Kier molecular flexibility index (Phi) is 17.2. The van der Waals surface area contributed by atoms with Gasteiger partial charge in [-0.25, -0.2) is 29.3 Å². The summed E-state index contributed by atoms with van der Waals surface area (Å²) in [6.07, 6.45) is 7.81. The SMILES string of the molecule is C[C@@H]1CC[C@H]2[C@@H](C)C(CC(=O)OCCN(CCO)CCN(CCOC(=O)CC3O[C@@H]4O[C@@]5(C)CC[C@H]6[C@H](C)CC[C@@H]([C@H]3C)[C@@]46OO5)CCOC(=O)CC3O[C@@H]4O[C@@]5(C)CC[C@H]6[C@H](C)CC[C@@H]([C@H]3C)[C@@]46OO5)O[C@@H]3O[C@@]4(C)CC[C@@H]1[C@]32OO4. The van der Waals surface area contributed by atoms with Crippen LogP contribution in [-0.2, 0) is 86.3 Å². The minimum atomic E-state index is -0.920. The molecule has 464 valence electrons. The average Bonchev–Trinajstić information content (AvgIpc) is 2.69. The zero-order valence-corrected chi connectivity index (χ0v) is 50.3. The molecule has 3 unspecified atom stereocenters. The number of fused-ring (bicyclic) bond motifs is 6. The van der Waals surface area contributed by atoms with E-state index in [4.69, 9.17) is 72.0 Å². The van der Waals surface area contributed by atoms with Gasteiger partial charge in [0.1, 0.15) is 19.8 Å². The Hall–Kier alpha value is -2.19. The summed E-state index contributed by atoms with van der Waals surface area (Å²) in [7, 11) is 0. The molecular formula is C61H96N2O19.